The Bertz CT molecular complexity index is 1900. The quantitative estimate of drug-likeness (QED) is 0.195. The summed E-state index contributed by atoms with van der Waals surface area (Å²) >= 11 is 0. The number of carbonyl (C=O) groups is 1. The van der Waals surface area contributed by atoms with Gasteiger partial charge in [-0.2, -0.15) is 0 Å². The van der Waals surface area contributed by atoms with Crippen molar-refractivity contribution in [2.75, 3.05) is 0 Å². The summed E-state index contributed by atoms with van der Waals surface area (Å²) in [6.45, 7) is 2.91. The van der Waals surface area contributed by atoms with E-state index in [0.717, 1.165) is 55.9 Å². The van der Waals surface area contributed by atoms with Crippen molar-refractivity contribution in [3.63, 3.8) is 0 Å². The van der Waals surface area contributed by atoms with Crippen LogP contribution < -0.4 is 21.5 Å². The molecular weight excluding hydrogens is 576 g/mol. The molecule has 0 fully saturated rings. The molecule has 5 nitrogen and oxygen atoms in total. The number of Topliss-reactive ketones (excluding diaryl/α,β-unsaturated/α-hetero) is 1. The number of ketones is 1. The van der Waals surface area contributed by atoms with Gasteiger partial charge >= 0.3 is 0 Å². The minimum Gasteiger partial charge on any atom is -1.00 e. The van der Waals surface area contributed by atoms with E-state index in [1.807, 2.05) is 78.9 Å². The van der Waals surface area contributed by atoms with Crippen LogP contribution in [0, 0.1) is 6.92 Å². The SMILES string of the molecule is Cc1n(CC=C(c2cc3ccccc3o2)c2cc3ccccc3o2)c2ccccc2[n+]1CC(=O)c1ccccc1.[Br-]. The first kappa shape index (κ1) is 26.5. The zero-order valence-electron chi connectivity index (χ0n) is 22.5. The predicted molar refractivity (Wildman–Crippen MR) is 157 cm³/mol. The summed E-state index contributed by atoms with van der Waals surface area (Å²) in [5.74, 6) is 2.58. The summed E-state index contributed by atoms with van der Waals surface area (Å²) in [7, 11) is 0. The molecule has 3 aromatic heterocycles. The molecule has 0 saturated carbocycles. The summed E-state index contributed by atoms with van der Waals surface area (Å²) in [4.78, 5) is 13.2. The maximum absolute atomic E-state index is 13.2. The second-order valence-electron chi connectivity index (χ2n) is 9.94. The Morgan fingerprint density at radius 2 is 1.32 bits per heavy atom. The molecule has 0 aliphatic rings. The van der Waals surface area contributed by atoms with Gasteiger partial charge in [-0.15, -0.1) is 0 Å². The van der Waals surface area contributed by atoms with Crippen LogP contribution in [0.25, 0.3) is 38.5 Å². The first-order chi connectivity index (χ1) is 19.7. The summed E-state index contributed by atoms with van der Waals surface area (Å²) in [6, 6.07) is 37.8. The first-order valence-corrected chi connectivity index (χ1v) is 13.4. The fraction of sp³-hybridized carbons (Fsp3) is 0.0857. The molecular formula is C35H27BrN2O3. The van der Waals surface area contributed by atoms with Gasteiger partial charge in [0, 0.05) is 23.3 Å². The Morgan fingerprint density at radius 1 is 0.756 bits per heavy atom. The fourth-order valence-corrected chi connectivity index (χ4v) is 5.44. The Balaban J connectivity index is 0.00000302. The predicted octanol–water partition coefficient (Wildman–Crippen LogP) is 4.75. The lowest BCUT2D eigenvalue weighted by Crippen LogP contribution is -3.00. The van der Waals surface area contributed by atoms with E-state index in [2.05, 4.69) is 58.5 Å². The molecule has 0 bridgehead atoms. The summed E-state index contributed by atoms with van der Waals surface area (Å²) in [5, 5.41) is 2.08. The van der Waals surface area contributed by atoms with Crippen molar-refractivity contribution in [3.05, 3.63) is 144 Å². The van der Waals surface area contributed by atoms with Crippen molar-refractivity contribution >= 4 is 44.3 Å². The highest BCUT2D eigenvalue weighted by Gasteiger charge is 2.24. The summed E-state index contributed by atoms with van der Waals surface area (Å²) in [6.07, 6.45) is 2.15. The van der Waals surface area contributed by atoms with E-state index >= 15 is 0 Å². The zero-order valence-corrected chi connectivity index (χ0v) is 24.0. The molecule has 41 heavy (non-hydrogen) atoms. The van der Waals surface area contributed by atoms with Crippen molar-refractivity contribution in [2.24, 2.45) is 0 Å². The lowest BCUT2D eigenvalue weighted by atomic mass is 10.1. The second kappa shape index (κ2) is 11.1. The second-order valence-corrected chi connectivity index (χ2v) is 9.94. The number of carbonyl (C=O) groups excluding carboxylic acids is 1. The fourth-order valence-electron chi connectivity index (χ4n) is 5.44. The smallest absolute Gasteiger partial charge is 0.254 e. The third-order valence-electron chi connectivity index (χ3n) is 7.50. The molecule has 0 aliphatic heterocycles. The minimum atomic E-state index is 0. The van der Waals surface area contributed by atoms with Gasteiger partial charge in [0.1, 0.15) is 29.2 Å². The number of nitrogens with zero attached hydrogens (tertiary/aromatic N) is 2. The molecule has 0 spiro atoms. The molecule has 7 aromatic rings. The number of para-hydroxylation sites is 4. The van der Waals surface area contributed by atoms with Crippen LogP contribution in [0.1, 0.15) is 27.7 Å². The van der Waals surface area contributed by atoms with Gasteiger partial charge in [-0.3, -0.25) is 4.79 Å². The number of furan rings is 2. The molecule has 0 aliphatic carbocycles. The zero-order chi connectivity index (χ0) is 27.1. The van der Waals surface area contributed by atoms with Crippen LogP contribution in [0.2, 0.25) is 0 Å². The van der Waals surface area contributed by atoms with E-state index < -0.39 is 0 Å². The number of hydrogen-bond acceptors (Lipinski definition) is 3. The van der Waals surface area contributed by atoms with Crippen LogP contribution in [-0.4, -0.2) is 10.4 Å². The molecule has 202 valence electrons. The highest BCUT2D eigenvalue weighted by Crippen LogP contribution is 2.33. The standard InChI is InChI=1S/C35H27N2O3.BrH/c1-24-36(29-15-7-8-16-30(29)37(24)23-31(38)25-11-3-2-4-12-25)20-19-28(34-21-26-13-5-9-17-32(26)39-34)35-22-27-14-6-10-18-33(27)40-35;/h2-19,21-22H,20,23H2,1H3;1H/q+1;/p-1. The van der Waals surface area contributed by atoms with E-state index in [1.54, 1.807) is 0 Å². The number of imidazole rings is 1. The average Bonchev–Trinajstić information content (AvgIpc) is 3.69. The molecule has 0 saturated heterocycles. The van der Waals surface area contributed by atoms with Crippen LogP contribution in [0.3, 0.4) is 0 Å². The van der Waals surface area contributed by atoms with Crippen LogP contribution in [-0.2, 0) is 13.1 Å². The Morgan fingerprint density at radius 3 is 1.95 bits per heavy atom. The molecule has 0 unspecified atom stereocenters. The van der Waals surface area contributed by atoms with Crippen molar-refractivity contribution in [3.8, 4) is 0 Å². The van der Waals surface area contributed by atoms with Crippen LogP contribution in [0.15, 0.2) is 130 Å². The number of benzene rings is 4. The van der Waals surface area contributed by atoms with Crippen LogP contribution in [0.4, 0.5) is 0 Å². The molecule has 0 amide bonds. The Kier molecular flexibility index (Phi) is 7.16. The maximum Gasteiger partial charge on any atom is 0.254 e. The minimum absolute atomic E-state index is 0. The number of allylic oxidation sites excluding steroid dienone is 1. The number of hydrogen-bond donors (Lipinski definition) is 0. The summed E-state index contributed by atoms with van der Waals surface area (Å²) < 4.78 is 16.9. The van der Waals surface area contributed by atoms with E-state index in [0.29, 0.717) is 12.1 Å². The van der Waals surface area contributed by atoms with Gasteiger partial charge in [-0.25, -0.2) is 9.13 Å². The van der Waals surface area contributed by atoms with E-state index in [9.17, 15) is 4.79 Å². The molecule has 0 N–H and O–H groups in total. The van der Waals surface area contributed by atoms with Crippen molar-refractivity contribution in [1.29, 1.82) is 0 Å². The lowest BCUT2D eigenvalue weighted by molar-refractivity contribution is -0.664. The molecule has 4 aromatic carbocycles. The van der Waals surface area contributed by atoms with Gasteiger partial charge < -0.3 is 25.8 Å². The first-order valence-electron chi connectivity index (χ1n) is 13.4. The number of fused-ring (bicyclic) bond motifs is 3. The lowest BCUT2D eigenvalue weighted by Gasteiger charge is -2.03. The maximum atomic E-state index is 13.2. The van der Waals surface area contributed by atoms with Gasteiger partial charge in [-0.05, 0) is 42.5 Å². The average molecular weight is 604 g/mol. The molecule has 3 heterocycles. The van der Waals surface area contributed by atoms with Gasteiger partial charge in [0.25, 0.3) is 5.82 Å². The Hall–Kier alpha value is -4.68. The monoisotopic (exact) mass is 602 g/mol. The molecule has 7 rings (SSSR count). The largest absolute Gasteiger partial charge is 1.00 e. The molecule has 6 heteroatoms. The topological polar surface area (TPSA) is 52.2 Å². The van der Waals surface area contributed by atoms with Crippen LogP contribution >= 0.6 is 0 Å². The highest BCUT2D eigenvalue weighted by atomic mass is 79.9. The van der Waals surface area contributed by atoms with Crippen LogP contribution in [0.5, 0.6) is 0 Å². The van der Waals surface area contributed by atoms with Gasteiger partial charge in [0.05, 0.1) is 5.57 Å². The summed E-state index contributed by atoms with van der Waals surface area (Å²) in [5.41, 5.74) is 5.34. The number of rotatable bonds is 7. The highest BCUT2D eigenvalue weighted by molar-refractivity contribution is 5.95. The van der Waals surface area contributed by atoms with E-state index in [-0.39, 0.29) is 29.3 Å². The van der Waals surface area contributed by atoms with E-state index in [1.165, 1.54) is 0 Å². The number of halogens is 1. The third kappa shape index (κ3) is 4.92. The van der Waals surface area contributed by atoms with E-state index in [4.69, 9.17) is 8.83 Å². The van der Waals surface area contributed by atoms with Crippen molar-refractivity contribution in [2.45, 2.75) is 20.0 Å². The number of aromatic nitrogens is 2. The van der Waals surface area contributed by atoms with Gasteiger partial charge in [-0.1, -0.05) is 78.9 Å². The van der Waals surface area contributed by atoms with Gasteiger partial charge in [0.15, 0.2) is 17.6 Å². The molecule has 0 atom stereocenters. The third-order valence-corrected chi connectivity index (χ3v) is 7.50. The molecule has 0 radical (unpaired) electrons. The van der Waals surface area contributed by atoms with Gasteiger partial charge in [0.2, 0.25) is 5.78 Å². The van der Waals surface area contributed by atoms with Crippen molar-refractivity contribution < 1.29 is 35.2 Å². The Labute approximate surface area is 247 Å². The van der Waals surface area contributed by atoms with Crippen molar-refractivity contribution in [1.82, 2.24) is 4.57 Å². The normalized spacial score (nSPS) is 11.1.